The number of imidazole rings is 1. The highest BCUT2D eigenvalue weighted by molar-refractivity contribution is 7.71. The van der Waals surface area contributed by atoms with Crippen LogP contribution in [0.4, 0.5) is 0 Å². The van der Waals surface area contributed by atoms with Crippen molar-refractivity contribution >= 4 is 23.3 Å². The summed E-state index contributed by atoms with van der Waals surface area (Å²) in [6.07, 6.45) is 6.54. The summed E-state index contributed by atoms with van der Waals surface area (Å²) in [5, 5.41) is 0. The van der Waals surface area contributed by atoms with Crippen LogP contribution >= 0.6 is 12.2 Å². The lowest BCUT2D eigenvalue weighted by Crippen LogP contribution is -2.09. The summed E-state index contributed by atoms with van der Waals surface area (Å²) < 4.78 is 3.28. The van der Waals surface area contributed by atoms with Crippen molar-refractivity contribution in [1.29, 1.82) is 0 Å². The Hall–Kier alpha value is -1.09. The SMILES string of the molecule is Cc1cccc2[nH]c(=S)n(C3CCCC(C)CC3)c12. The van der Waals surface area contributed by atoms with Crippen molar-refractivity contribution in [3.63, 3.8) is 0 Å². The molecule has 19 heavy (non-hydrogen) atoms. The van der Waals surface area contributed by atoms with Gasteiger partial charge in [0.2, 0.25) is 0 Å². The molecule has 2 atom stereocenters. The molecule has 1 N–H and O–H groups in total. The Balaban J connectivity index is 2.09. The normalized spacial score (nSPS) is 24.5. The van der Waals surface area contributed by atoms with Crippen molar-refractivity contribution in [3.8, 4) is 0 Å². The average Bonchev–Trinajstić information content (AvgIpc) is 2.56. The maximum atomic E-state index is 5.57. The molecular weight excluding hydrogens is 252 g/mol. The highest BCUT2D eigenvalue weighted by atomic mass is 32.1. The molecule has 1 aromatic heterocycles. The minimum atomic E-state index is 0.576. The van der Waals surface area contributed by atoms with Crippen LogP contribution in [0.1, 0.15) is 50.6 Å². The zero-order chi connectivity index (χ0) is 13.4. The van der Waals surface area contributed by atoms with Crippen molar-refractivity contribution in [2.24, 2.45) is 5.92 Å². The lowest BCUT2D eigenvalue weighted by molar-refractivity contribution is 0.437. The first-order valence-corrected chi connectivity index (χ1v) is 7.77. The van der Waals surface area contributed by atoms with Gasteiger partial charge in [0.05, 0.1) is 11.0 Å². The van der Waals surface area contributed by atoms with E-state index in [4.69, 9.17) is 12.2 Å². The van der Waals surface area contributed by atoms with Crippen molar-refractivity contribution in [2.75, 3.05) is 0 Å². The Morgan fingerprint density at radius 3 is 2.89 bits per heavy atom. The molecule has 3 rings (SSSR count). The molecule has 2 nitrogen and oxygen atoms in total. The van der Waals surface area contributed by atoms with E-state index in [0.717, 1.165) is 10.7 Å². The number of nitrogens with one attached hydrogen (secondary N) is 1. The lowest BCUT2D eigenvalue weighted by Gasteiger charge is -2.18. The van der Waals surface area contributed by atoms with Gasteiger partial charge in [-0.3, -0.25) is 0 Å². The number of benzene rings is 1. The Morgan fingerprint density at radius 2 is 2.05 bits per heavy atom. The largest absolute Gasteiger partial charge is 0.331 e. The zero-order valence-corrected chi connectivity index (χ0v) is 12.6. The van der Waals surface area contributed by atoms with E-state index in [1.807, 2.05) is 0 Å². The Bertz CT molecular complexity index is 638. The monoisotopic (exact) mass is 274 g/mol. The van der Waals surface area contributed by atoms with Crippen LogP contribution in [0, 0.1) is 17.6 Å². The number of hydrogen-bond donors (Lipinski definition) is 1. The molecule has 3 heteroatoms. The van der Waals surface area contributed by atoms with Crippen molar-refractivity contribution in [1.82, 2.24) is 9.55 Å². The number of para-hydroxylation sites is 1. The highest BCUT2D eigenvalue weighted by Crippen LogP contribution is 2.33. The maximum absolute atomic E-state index is 5.57. The Labute approximate surface area is 119 Å². The van der Waals surface area contributed by atoms with E-state index in [1.165, 1.54) is 48.7 Å². The molecule has 0 spiro atoms. The summed E-state index contributed by atoms with van der Waals surface area (Å²) in [5.41, 5.74) is 3.82. The van der Waals surface area contributed by atoms with Gasteiger partial charge in [-0.05, 0) is 56.0 Å². The summed E-state index contributed by atoms with van der Waals surface area (Å²) in [6.45, 7) is 4.56. The van der Waals surface area contributed by atoms with Gasteiger partial charge in [-0.1, -0.05) is 31.9 Å². The number of rotatable bonds is 1. The second kappa shape index (κ2) is 5.12. The molecular formula is C16H22N2S. The van der Waals surface area contributed by atoms with E-state index >= 15 is 0 Å². The molecule has 1 heterocycles. The summed E-state index contributed by atoms with van der Waals surface area (Å²) in [7, 11) is 0. The first kappa shape index (κ1) is 12.9. The van der Waals surface area contributed by atoms with E-state index in [0.29, 0.717) is 6.04 Å². The maximum Gasteiger partial charge on any atom is 0.178 e. The number of aromatic nitrogens is 2. The smallest absolute Gasteiger partial charge is 0.178 e. The quantitative estimate of drug-likeness (QED) is 0.563. The number of aromatic amines is 1. The predicted octanol–water partition coefficient (Wildman–Crippen LogP) is 5.15. The number of fused-ring (bicyclic) bond motifs is 1. The molecule has 0 amide bonds. The van der Waals surface area contributed by atoms with Gasteiger partial charge in [0.15, 0.2) is 4.77 Å². The number of H-pyrrole nitrogens is 1. The van der Waals surface area contributed by atoms with Gasteiger partial charge < -0.3 is 9.55 Å². The Kier molecular flexibility index (Phi) is 3.48. The molecule has 102 valence electrons. The number of hydrogen-bond acceptors (Lipinski definition) is 1. The van der Waals surface area contributed by atoms with E-state index in [9.17, 15) is 0 Å². The summed E-state index contributed by atoms with van der Waals surface area (Å²) in [4.78, 5) is 3.37. The van der Waals surface area contributed by atoms with E-state index < -0.39 is 0 Å². The molecule has 0 aliphatic heterocycles. The molecule has 0 radical (unpaired) electrons. The molecule has 2 unspecified atom stereocenters. The van der Waals surface area contributed by atoms with Gasteiger partial charge >= 0.3 is 0 Å². The van der Waals surface area contributed by atoms with Gasteiger partial charge in [0.1, 0.15) is 0 Å². The fraction of sp³-hybridized carbons (Fsp3) is 0.562. The van der Waals surface area contributed by atoms with Gasteiger partial charge in [0, 0.05) is 6.04 Å². The van der Waals surface area contributed by atoms with Gasteiger partial charge in [0.25, 0.3) is 0 Å². The zero-order valence-electron chi connectivity index (χ0n) is 11.8. The third-order valence-corrected chi connectivity index (χ3v) is 4.83. The fourth-order valence-corrected chi connectivity index (χ4v) is 3.78. The fourth-order valence-electron chi connectivity index (χ4n) is 3.43. The summed E-state index contributed by atoms with van der Waals surface area (Å²) in [6, 6.07) is 6.99. The van der Waals surface area contributed by atoms with Gasteiger partial charge in [-0.2, -0.15) is 0 Å². The molecule has 1 aliphatic rings. The molecule has 1 aromatic carbocycles. The van der Waals surface area contributed by atoms with Crippen LogP contribution in [0.15, 0.2) is 18.2 Å². The molecule has 1 fully saturated rings. The second-order valence-corrected chi connectivity index (χ2v) is 6.43. The summed E-state index contributed by atoms with van der Waals surface area (Å²) in [5.74, 6) is 0.866. The van der Waals surface area contributed by atoms with Gasteiger partial charge in [-0.25, -0.2) is 0 Å². The second-order valence-electron chi connectivity index (χ2n) is 6.04. The molecule has 0 saturated heterocycles. The van der Waals surface area contributed by atoms with Crippen LogP contribution in [-0.4, -0.2) is 9.55 Å². The predicted molar refractivity (Wildman–Crippen MR) is 83.1 cm³/mol. The van der Waals surface area contributed by atoms with Crippen LogP contribution in [-0.2, 0) is 0 Å². The van der Waals surface area contributed by atoms with E-state index in [1.54, 1.807) is 0 Å². The molecule has 0 bridgehead atoms. The summed E-state index contributed by atoms with van der Waals surface area (Å²) >= 11 is 5.57. The lowest BCUT2D eigenvalue weighted by atomic mass is 10.0. The van der Waals surface area contributed by atoms with Crippen molar-refractivity contribution in [2.45, 2.75) is 52.0 Å². The van der Waals surface area contributed by atoms with Crippen molar-refractivity contribution in [3.05, 3.63) is 28.5 Å². The minimum Gasteiger partial charge on any atom is -0.331 e. The Morgan fingerprint density at radius 1 is 1.21 bits per heavy atom. The average molecular weight is 274 g/mol. The van der Waals surface area contributed by atoms with Crippen LogP contribution in [0.5, 0.6) is 0 Å². The van der Waals surface area contributed by atoms with Crippen LogP contribution in [0.2, 0.25) is 0 Å². The minimum absolute atomic E-state index is 0.576. The van der Waals surface area contributed by atoms with E-state index in [-0.39, 0.29) is 0 Å². The number of nitrogens with zero attached hydrogens (tertiary/aromatic N) is 1. The van der Waals surface area contributed by atoms with Crippen LogP contribution < -0.4 is 0 Å². The number of aryl methyl sites for hydroxylation is 1. The molecule has 1 aliphatic carbocycles. The van der Waals surface area contributed by atoms with E-state index in [2.05, 4.69) is 41.6 Å². The topological polar surface area (TPSA) is 20.7 Å². The van der Waals surface area contributed by atoms with Crippen LogP contribution in [0.25, 0.3) is 11.0 Å². The van der Waals surface area contributed by atoms with Crippen molar-refractivity contribution < 1.29 is 0 Å². The van der Waals surface area contributed by atoms with Gasteiger partial charge in [-0.15, -0.1) is 0 Å². The highest BCUT2D eigenvalue weighted by Gasteiger charge is 2.20. The molecule has 1 saturated carbocycles. The molecule has 2 aromatic rings. The third kappa shape index (κ3) is 2.36. The third-order valence-electron chi connectivity index (χ3n) is 4.53. The van der Waals surface area contributed by atoms with Crippen LogP contribution in [0.3, 0.4) is 0 Å². The standard InChI is InChI=1S/C16H22N2S/c1-11-5-3-7-13(10-9-11)18-15-12(2)6-4-8-14(15)17-16(18)19/h4,6,8,11,13H,3,5,7,9-10H2,1-2H3,(H,17,19). The first-order valence-electron chi connectivity index (χ1n) is 7.36. The first-order chi connectivity index (χ1) is 9.16.